The van der Waals surface area contributed by atoms with Crippen LogP contribution < -0.4 is 10.6 Å². The van der Waals surface area contributed by atoms with Crippen LogP contribution in [-0.2, 0) is 9.59 Å². The topological polar surface area (TPSA) is 101 Å². The lowest BCUT2D eigenvalue weighted by molar-refractivity contribution is -0.126. The first-order valence-electron chi connectivity index (χ1n) is 7.67. The third kappa shape index (κ3) is 5.72. The summed E-state index contributed by atoms with van der Waals surface area (Å²) in [5, 5.41) is 9.17. The van der Waals surface area contributed by atoms with Gasteiger partial charge in [0.25, 0.3) is 0 Å². The molecule has 1 aromatic carbocycles. The van der Waals surface area contributed by atoms with E-state index in [0.29, 0.717) is 16.3 Å². The van der Waals surface area contributed by atoms with Crippen molar-refractivity contribution < 1.29 is 18.9 Å². The SMILES string of the molecule is Cc1cc(NC(=O)C(C)NC(=O)CCC(=O)c2cccc(Cl)c2)no1. The number of hydrogen-bond donors (Lipinski definition) is 2. The van der Waals surface area contributed by atoms with Gasteiger partial charge in [0.1, 0.15) is 11.8 Å². The summed E-state index contributed by atoms with van der Waals surface area (Å²) in [5.74, 6) is -0.170. The van der Waals surface area contributed by atoms with Gasteiger partial charge in [-0.3, -0.25) is 14.4 Å². The molecule has 0 saturated heterocycles. The fraction of sp³-hybridized carbons (Fsp3) is 0.294. The fourth-order valence-corrected chi connectivity index (χ4v) is 2.26. The van der Waals surface area contributed by atoms with Gasteiger partial charge in [0.15, 0.2) is 11.6 Å². The van der Waals surface area contributed by atoms with Gasteiger partial charge in [0.2, 0.25) is 11.8 Å². The summed E-state index contributed by atoms with van der Waals surface area (Å²) in [6, 6.07) is 7.33. The zero-order valence-corrected chi connectivity index (χ0v) is 14.6. The Kier molecular flexibility index (Phi) is 6.30. The van der Waals surface area contributed by atoms with Gasteiger partial charge in [0, 0.05) is 29.5 Å². The van der Waals surface area contributed by atoms with Crippen molar-refractivity contribution >= 4 is 35.0 Å². The monoisotopic (exact) mass is 363 g/mol. The number of nitrogens with zero attached hydrogens (tertiary/aromatic N) is 1. The van der Waals surface area contributed by atoms with Gasteiger partial charge in [-0.25, -0.2) is 0 Å². The molecule has 1 aromatic heterocycles. The molecule has 25 heavy (non-hydrogen) atoms. The Labute approximate surface area is 149 Å². The Balaban J connectivity index is 1.79. The molecule has 1 atom stereocenters. The van der Waals surface area contributed by atoms with E-state index in [1.54, 1.807) is 44.2 Å². The van der Waals surface area contributed by atoms with Gasteiger partial charge < -0.3 is 15.2 Å². The minimum atomic E-state index is -0.772. The third-order valence-electron chi connectivity index (χ3n) is 3.38. The Morgan fingerprint density at radius 2 is 2.00 bits per heavy atom. The van der Waals surface area contributed by atoms with Crippen LogP contribution in [0.25, 0.3) is 0 Å². The number of aryl methyl sites for hydroxylation is 1. The molecule has 1 unspecified atom stereocenters. The third-order valence-corrected chi connectivity index (χ3v) is 3.61. The second-order valence-electron chi connectivity index (χ2n) is 5.53. The number of Topliss-reactive ketones (excluding diaryl/α,β-unsaturated/α-hetero) is 1. The summed E-state index contributed by atoms with van der Waals surface area (Å²) in [7, 11) is 0. The highest BCUT2D eigenvalue weighted by Gasteiger charge is 2.18. The number of ketones is 1. The molecular weight excluding hydrogens is 346 g/mol. The van der Waals surface area contributed by atoms with Crippen LogP contribution in [0.3, 0.4) is 0 Å². The molecule has 0 fully saturated rings. The van der Waals surface area contributed by atoms with Crippen LogP contribution in [0, 0.1) is 6.92 Å². The molecule has 8 heteroatoms. The van der Waals surface area contributed by atoms with E-state index in [0.717, 1.165) is 0 Å². The molecule has 132 valence electrons. The second kappa shape index (κ2) is 8.43. The van der Waals surface area contributed by atoms with Crippen LogP contribution in [0.1, 0.15) is 35.9 Å². The van der Waals surface area contributed by atoms with Crippen molar-refractivity contribution in [2.45, 2.75) is 32.7 Å². The van der Waals surface area contributed by atoms with Crippen molar-refractivity contribution in [3.8, 4) is 0 Å². The minimum absolute atomic E-state index is 0.0218. The lowest BCUT2D eigenvalue weighted by atomic mass is 10.1. The number of carbonyl (C=O) groups excluding carboxylic acids is 3. The van der Waals surface area contributed by atoms with E-state index in [1.807, 2.05) is 0 Å². The van der Waals surface area contributed by atoms with Crippen molar-refractivity contribution in [2.24, 2.45) is 0 Å². The first kappa shape index (κ1) is 18.7. The molecule has 2 rings (SSSR count). The maximum Gasteiger partial charge on any atom is 0.247 e. The summed E-state index contributed by atoms with van der Waals surface area (Å²) < 4.78 is 4.84. The van der Waals surface area contributed by atoms with E-state index in [1.165, 1.54) is 0 Å². The lowest BCUT2D eigenvalue weighted by Crippen LogP contribution is -2.41. The van der Waals surface area contributed by atoms with Gasteiger partial charge in [-0.15, -0.1) is 0 Å². The van der Waals surface area contributed by atoms with Crippen molar-refractivity contribution in [1.82, 2.24) is 10.5 Å². The van der Waals surface area contributed by atoms with E-state index in [2.05, 4.69) is 15.8 Å². The average Bonchev–Trinajstić information content (AvgIpc) is 2.97. The van der Waals surface area contributed by atoms with Gasteiger partial charge in [0.05, 0.1) is 0 Å². The Morgan fingerprint density at radius 3 is 2.64 bits per heavy atom. The number of halogens is 1. The zero-order chi connectivity index (χ0) is 18.4. The molecule has 2 aromatic rings. The van der Waals surface area contributed by atoms with Crippen LogP contribution in [0.5, 0.6) is 0 Å². The normalized spacial score (nSPS) is 11.6. The molecule has 2 N–H and O–H groups in total. The van der Waals surface area contributed by atoms with Gasteiger partial charge in [-0.05, 0) is 26.0 Å². The summed E-state index contributed by atoms with van der Waals surface area (Å²) >= 11 is 5.84. The van der Waals surface area contributed by atoms with Crippen molar-refractivity contribution in [3.05, 3.63) is 46.7 Å². The molecule has 1 heterocycles. The number of amides is 2. The summed E-state index contributed by atoms with van der Waals surface area (Å²) in [5.41, 5.74) is 0.451. The van der Waals surface area contributed by atoms with Crippen molar-refractivity contribution in [1.29, 1.82) is 0 Å². The van der Waals surface area contributed by atoms with Crippen molar-refractivity contribution in [2.75, 3.05) is 5.32 Å². The number of carbonyl (C=O) groups is 3. The Hall–Kier alpha value is -2.67. The molecule has 0 bridgehead atoms. The van der Waals surface area contributed by atoms with E-state index < -0.39 is 17.9 Å². The van der Waals surface area contributed by atoms with E-state index >= 15 is 0 Å². The quantitative estimate of drug-likeness (QED) is 0.736. The first-order valence-corrected chi connectivity index (χ1v) is 8.05. The molecule has 0 saturated carbocycles. The van der Waals surface area contributed by atoms with Gasteiger partial charge in [-0.1, -0.05) is 28.9 Å². The van der Waals surface area contributed by atoms with E-state index in [-0.39, 0.29) is 24.4 Å². The number of anilines is 1. The Bertz CT molecular complexity index is 788. The van der Waals surface area contributed by atoms with Gasteiger partial charge in [-0.2, -0.15) is 0 Å². The van der Waals surface area contributed by atoms with Crippen LogP contribution in [0.2, 0.25) is 5.02 Å². The lowest BCUT2D eigenvalue weighted by Gasteiger charge is -2.12. The molecule has 0 aliphatic rings. The van der Waals surface area contributed by atoms with E-state index in [9.17, 15) is 14.4 Å². The predicted octanol–water partition coefficient (Wildman–Crippen LogP) is 2.74. The maximum absolute atomic E-state index is 12.0. The molecule has 0 spiro atoms. The number of nitrogens with one attached hydrogen (secondary N) is 2. The second-order valence-corrected chi connectivity index (χ2v) is 5.97. The number of hydrogen-bond acceptors (Lipinski definition) is 5. The largest absolute Gasteiger partial charge is 0.360 e. The maximum atomic E-state index is 12.0. The standard InChI is InChI=1S/C17H18ClN3O4/c1-10-8-15(21-25-10)20-17(24)11(2)19-16(23)7-6-14(22)12-4-3-5-13(18)9-12/h3-5,8-9,11H,6-7H2,1-2H3,(H,19,23)(H,20,21,24). The average molecular weight is 364 g/mol. The Morgan fingerprint density at radius 1 is 1.24 bits per heavy atom. The number of rotatable bonds is 7. The summed E-state index contributed by atoms with van der Waals surface area (Å²) in [6.07, 6.45) is 0.00896. The highest BCUT2D eigenvalue weighted by atomic mass is 35.5. The number of aromatic nitrogens is 1. The summed E-state index contributed by atoms with van der Waals surface area (Å²) in [4.78, 5) is 35.9. The van der Waals surface area contributed by atoms with E-state index in [4.69, 9.17) is 16.1 Å². The van der Waals surface area contributed by atoms with Gasteiger partial charge >= 0.3 is 0 Å². The van der Waals surface area contributed by atoms with Crippen LogP contribution in [-0.4, -0.2) is 28.8 Å². The number of benzene rings is 1. The highest BCUT2D eigenvalue weighted by Crippen LogP contribution is 2.13. The zero-order valence-electron chi connectivity index (χ0n) is 13.8. The van der Waals surface area contributed by atoms with Crippen LogP contribution in [0.15, 0.2) is 34.9 Å². The predicted molar refractivity (Wildman–Crippen MR) is 92.5 cm³/mol. The molecular formula is C17H18ClN3O4. The highest BCUT2D eigenvalue weighted by molar-refractivity contribution is 6.31. The molecule has 0 radical (unpaired) electrons. The van der Waals surface area contributed by atoms with Crippen LogP contribution in [0.4, 0.5) is 5.82 Å². The van der Waals surface area contributed by atoms with Crippen LogP contribution >= 0.6 is 11.6 Å². The molecule has 0 aliphatic carbocycles. The molecule has 2 amide bonds. The first-order chi connectivity index (χ1) is 11.8. The fourth-order valence-electron chi connectivity index (χ4n) is 2.07. The molecule has 7 nitrogen and oxygen atoms in total. The van der Waals surface area contributed by atoms with Crippen molar-refractivity contribution in [3.63, 3.8) is 0 Å². The molecule has 0 aliphatic heterocycles. The summed E-state index contributed by atoms with van der Waals surface area (Å²) in [6.45, 7) is 3.24. The smallest absolute Gasteiger partial charge is 0.247 e. The minimum Gasteiger partial charge on any atom is -0.360 e.